The number of nitrogens with one attached hydrogen (secondary N) is 2. The predicted octanol–water partition coefficient (Wildman–Crippen LogP) is 4.79. The lowest BCUT2D eigenvalue weighted by molar-refractivity contribution is -0.147. The number of halogens is 2. The van der Waals surface area contributed by atoms with Crippen LogP contribution in [0.1, 0.15) is 26.2 Å². The predicted molar refractivity (Wildman–Crippen MR) is 119 cm³/mol. The average molecular weight is 498 g/mol. The van der Waals surface area contributed by atoms with Gasteiger partial charge in [0.2, 0.25) is 5.91 Å². The summed E-state index contributed by atoms with van der Waals surface area (Å²) >= 11 is 9.29. The second-order valence-corrected chi connectivity index (χ2v) is 7.52. The van der Waals surface area contributed by atoms with Crippen LogP contribution < -0.4 is 15.4 Å². The summed E-state index contributed by atoms with van der Waals surface area (Å²) in [4.78, 5) is 35.6. The summed E-state index contributed by atoms with van der Waals surface area (Å²) in [7, 11) is 0. The number of benzene rings is 2. The van der Waals surface area contributed by atoms with E-state index in [2.05, 4.69) is 26.6 Å². The molecule has 30 heavy (non-hydrogen) atoms. The van der Waals surface area contributed by atoms with Gasteiger partial charge in [-0.2, -0.15) is 0 Å². The van der Waals surface area contributed by atoms with Gasteiger partial charge in [-0.3, -0.25) is 14.4 Å². The summed E-state index contributed by atoms with van der Waals surface area (Å²) in [6.07, 6.45) is 0.494. The molecule has 160 valence electrons. The van der Waals surface area contributed by atoms with Crippen LogP contribution in [0.3, 0.4) is 0 Å². The number of ether oxygens (including phenoxy) is 2. The normalized spacial score (nSPS) is 10.2. The van der Waals surface area contributed by atoms with Gasteiger partial charge in [-0.1, -0.05) is 27.5 Å². The maximum Gasteiger partial charge on any atom is 0.306 e. The Labute approximate surface area is 188 Å². The molecule has 2 N–H and O–H groups in total. The number of anilines is 2. The minimum atomic E-state index is -0.555. The van der Waals surface area contributed by atoms with Crippen LogP contribution in [-0.2, 0) is 19.1 Å². The van der Waals surface area contributed by atoms with Crippen molar-refractivity contribution in [2.75, 3.05) is 23.8 Å². The molecule has 0 saturated carbocycles. The van der Waals surface area contributed by atoms with E-state index >= 15 is 0 Å². The van der Waals surface area contributed by atoms with Crippen LogP contribution >= 0.6 is 27.5 Å². The molecule has 2 aromatic rings. The Kier molecular flexibility index (Phi) is 9.63. The lowest BCUT2D eigenvalue weighted by Crippen LogP contribution is -2.21. The average Bonchev–Trinajstić information content (AvgIpc) is 2.70. The van der Waals surface area contributed by atoms with E-state index in [9.17, 15) is 14.4 Å². The molecule has 0 fully saturated rings. The van der Waals surface area contributed by atoms with Gasteiger partial charge in [-0.25, -0.2) is 0 Å². The first-order valence-corrected chi connectivity index (χ1v) is 10.5. The van der Waals surface area contributed by atoms with Crippen LogP contribution in [0, 0.1) is 0 Å². The molecule has 9 heteroatoms. The number of hydrogen-bond donors (Lipinski definition) is 2. The van der Waals surface area contributed by atoms with E-state index in [0.29, 0.717) is 29.4 Å². The zero-order valence-electron chi connectivity index (χ0n) is 16.4. The first kappa shape index (κ1) is 23.7. The molecule has 0 aromatic heterocycles. The number of hydrogen-bond acceptors (Lipinski definition) is 5. The van der Waals surface area contributed by atoms with E-state index < -0.39 is 18.5 Å². The molecule has 0 radical (unpaired) electrons. The van der Waals surface area contributed by atoms with Gasteiger partial charge >= 0.3 is 5.97 Å². The van der Waals surface area contributed by atoms with Gasteiger partial charge in [0.05, 0.1) is 17.3 Å². The number of amides is 2. The molecule has 2 amide bonds. The monoisotopic (exact) mass is 496 g/mol. The highest BCUT2D eigenvalue weighted by molar-refractivity contribution is 9.10. The van der Waals surface area contributed by atoms with Crippen molar-refractivity contribution in [3.63, 3.8) is 0 Å². The Morgan fingerprint density at radius 1 is 1.00 bits per heavy atom. The summed E-state index contributed by atoms with van der Waals surface area (Å²) in [5.41, 5.74) is 1.07. The largest absolute Gasteiger partial charge is 0.494 e. The molecule has 2 rings (SSSR count). The zero-order valence-corrected chi connectivity index (χ0v) is 18.7. The van der Waals surface area contributed by atoms with E-state index in [1.54, 1.807) is 42.5 Å². The number of carbonyl (C=O) groups excluding carboxylic acids is 3. The molecular weight excluding hydrogens is 476 g/mol. The Morgan fingerprint density at radius 2 is 1.73 bits per heavy atom. The number of carbonyl (C=O) groups is 3. The minimum absolute atomic E-state index is 0.0308. The van der Waals surface area contributed by atoms with Gasteiger partial charge in [0, 0.05) is 23.0 Å². The lowest BCUT2D eigenvalue weighted by Gasteiger charge is -2.09. The standard InChI is InChI=1S/C21H22BrClN2O5/c1-2-29-16-9-7-15(8-10-16)24-19(26)4-3-5-21(28)30-13-20(27)25-18-11-6-14(22)12-17(18)23/h6-12H,2-5,13H2,1H3,(H,24,26)(H,25,27). The maximum absolute atomic E-state index is 12.0. The van der Waals surface area contributed by atoms with Crippen molar-refractivity contribution in [1.82, 2.24) is 0 Å². The zero-order chi connectivity index (χ0) is 21.9. The third kappa shape index (κ3) is 8.42. The summed E-state index contributed by atoms with van der Waals surface area (Å²) in [6.45, 7) is 2.04. The van der Waals surface area contributed by atoms with Crippen molar-refractivity contribution in [3.8, 4) is 5.75 Å². The first-order valence-electron chi connectivity index (χ1n) is 9.30. The van der Waals surface area contributed by atoms with E-state index in [0.717, 1.165) is 10.2 Å². The van der Waals surface area contributed by atoms with Crippen molar-refractivity contribution in [3.05, 3.63) is 52.0 Å². The van der Waals surface area contributed by atoms with Crippen molar-refractivity contribution in [2.45, 2.75) is 26.2 Å². The Bertz CT molecular complexity index is 889. The molecule has 0 spiro atoms. The minimum Gasteiger partial charge on any atom is -0.494 e. The molecule has 0 saturated heterocycles. The molecule has 0 bridgehead atoms. The highest BCUT2D eigenvalue weighted by Gasteiger charge is 2.11. The fourth-order valence-corrected chi connectivity index (χ4v) is 3.13. The van der Waals surface area contributed by atoms with Crippen molar-refractivity contribution in [1.29, 1.82) is 0 Å². The van der Waals surface area contributed by atoms with Crippen molar-refractivity contribution in [2.24, 2.45) is 0 Å². The molecule has 0 aliphatic rings. The van der Waals surface area contributed by atoms with Gasteiger partial charge in [-0.05, 0) is 55.8 Å². The van der Waals surface area contributed by atoms with Crippen LogP contribution in [0.5, 0.6) is 5.75 Å². The maximum atomic E-state index is 12.0. The van der Waals surface area contributed by atoms with Gasteiger partial charge in [0.1, 0.15) is 5.75 Å². The van der Waals surface area contributed by atoms with Crippen LogP contribution in [0.15, 0.2) is 46.9 Å². The number of rotatable bonds is 10. The smallest absolute Gasteiger partial charge is 0.306 e. The Hall–Kier alpha value is -2.58. The third-order valence-electron chi connectivity index (χ3n) is 3.80. The molecule has 0 atom stereocenters. The van der Waals surface area contributed by atoms with E-state index in [1.165, 1.54) is 0 Å². The van der Waals surface area contributed by atoms with Gasteiger partial charge in [0.25, 0.3) is 5.91 Å². The van der Waals surface area contributed by atoms with Gasteiger partial charge in [-0.15, -0.1) is 0 Å². The van der Waals surface area contributed by atoms with Crippen LogP contribution in [-0.4, -0.2) is 31.0 Å². The van der Waals surface area contributed by atoms with Gasteiger partial charge in [0.15, 0.2) is 6.61 Å². The molecule has 0 aliphatic heterocycles. The first-order chi connectivity index (χ1) is 14.4. The quantitative estimate of drug-likeness (QED) is 0.460. The second-order valence-electron chi connectivity index (χ2n) is 6.19. The summed E-state index contributed by atoms with van der Waals surface area (Å²) < 4.78 is 11.0. The van der Waals surface area contributed by atoms with E-state index in [-0.39, 0.29) is 18.7 Å². The van der Waals surface area contributed by atoms with E-state index in [1.807, 2.05) is 6.92 Å². The SMILES string of the molecule is CCOc1ccc(NC(=O)CCCC(=O)OCC(=O)Nc2ccc(Br)cc2Cl)cc1. The molecule has 0 unspecified atom stereocenters. The van der Waals surface area contributed by atoms with E-state index in [4.69, 9.17) is 21.1 Å². The van der Waals surface area contributed by atoms with Crippen LogP contribution in [0.2, 0.25) is 5.02 Å². The molecule has 2 aromatic carbocycles. The van der Waals surface area contributed by atoms with Crippen LogP contribution in [0.4, 0.5) is 11.4 Å². The summed E-state index contributed by atoms with van der Waals surface area (Å²) in [6, 6.07) is 12.0. The fourth-order valence-electron chi connectivity index (χ4n) is 2.41. The molecule has 0 heterocycles. The Balaban J connectivity index is 1.64. The fraction of sp³-hybridized carbons (Fsp3) is 0.286. The Morgan fingerprint density at radius 3 is 2.40 bits per heavy atom. The highest BCUT2D eigenvalue weighted by Crippen LogP contribution is 2.25. The molecule has 0 aliphatic carbocycles. The third-order valence-corrected chi connectivity index (χ3v) is 4.61. The van der Waals surface area contributed by atoms with Crippen molar-refractivity contribution >= 4 is 56.7 Å². The second kappa shape index (κ2) is 12.2. The summed E-state index contributed by atoms with van der Waals surface area (Å²) in [5.74, 6) is -0.541. The topological polar surface area (TPSA) is 93.7 Å². The molecule has 7 nitrogen and oxygen atoms in total. The highest BCUT2D eigenvalue weighted by atomic mass is 79.9. The van der Waals surface area contributed by atoms with Crippen molar-refractivity contribution < 1.29 is 23.9 Å². The lowest BCUT2D eigenvalue weighted by atomic mass is 10.2. The number of esters is 1. The van der Waals surface area contributed by atoms with Crippen LogP contribution in [0.25, 0.3) is 0 Å². The summed E-state index contributed by atoms with van der Waals surface area (Å²) in [5, 5.41) is 5.67. The molecular formula is C21H22BrClN2O5. The van der Waals surface area contributed by atoms with Gasteiger partial charge < -0.3 is 20.1 Å².